The summed E-state index contributed by atoms with van der Waals surface area (Å²) in [4.78, 5) is 12.5. The van der Waals surface area contributed by atoms with Gasteiger partial charge in [0.15, 0.2) is 11.5 Å². The van der Waals surface area contributed by atoms with Gasteiger partial charge in [-0.15, -0.1) is 0 Å². The summed E-state index contributed by atoms with van der Waals surface area (Å²) in [5, 5.41) is 22.1. The molecule has 4 rings (SSSR count). The van der Waals surface area contributed by atoms with Gasteiger partial charge in [-0.25, -0.2) is 0 Å². The minimum absolute atomic E-state index is 0.102. The van der Waals surface area contributed by atoms with Crippen LogP contribution in [-0.2, 0) is 17.8 Å². The minimum Gasteiger partial charge on any atom is -0.508 e. The molecule has 210 valence electrons. The number of unbranched alkanes of at least 4 members (excludes halogenated alkanes) is 2. The largest absolute Gasteiger partial charge is 0.508 e. The molecule has 0 saturated heterocycles. The van der Waals surface area contributed by atoms with Gasteiger partial charge in [0.2, 0.25) is 0 Å². The molecule has 1 aliphatic rings. The monoisotopic (exact) mass is 532 g/mol. The second-order valence-electron chi connectivity index (χ2n) is 11.2. The van der Waals surface area contributed by atoms with E-state index in [0.717, 1.165) is 40.7 Å². The first kappa shape index (κ1) is 28.9. The highest BCUT2D eigenvalue weighted by Crippen LogP contribution is 2.31. The van der Waals surface area contributed by atoms with Gasteiger partial charge in [0.1, 0.15) is 18.1 Å². The molecule has 1 atom stereocenters. The highest BCUT2D eigenvalue weighted by atomic mass is 16.5. The number of methoxy groups -OCH3 is 1. The van der Waals surface area contributed by atoms with E-state index < -0.39 is 6.10 Å². The van der Waals surface area contributed by atoms with Crippen LogP contribution >= 0.6 is 0 Å². The summed E-state index contributed by atoms with van der Waals surface area (Å²) in [6, 6.07) is 17.1. The fraction of sp³-hybridized carbons (Fsp3) is 0.500. The number of phenols is 1. The maximum atomic E-state index is 12.5. The molecular weight excluding hydrogens is 488 g/mol. The number of hydrogen-bond donors (Lipinski definition) is 2. The Morgan fingerprint density at radius 2 is 1.67 bits per heavy atom. The van der Waals surface area contributed by atoms with Crippen LogP contribution < -0.4 is 9.47 Å². The standard InChI is InChI=1S/C34H44O5/c1-38-33-19-14-26(21-34(33)39-24-27-12-15-29-22-31(36)18-16-28(29)20-27)13-17-32(37)23-30(35)11-7-3-6-10-25-8-4-2-5-9-25/h12,14-16,18-22,25,30,35-36H,2-11,13,17,23-24H2,1H3. The first-order valence-electron chi connectivity index (χ1n) is 14.7. The molecule has 0 aliphatic heterocycles. The number of aliphatic hydroxyl groups is 1. The SMILES string of the molecule is COc1ccc(CCC(=O)CC(O)CCCCCC2CCCCC2)cc1OCc1ccc2cc(O)ccc2c1. The lowest BCUT2D eigenvalue weighted by atomic mass is 9.85. The van der Waals surface area contributed by atoms with Gasteiger partial charge in [0.25, 0.3) is 0 Å². The number of rotatable bonds is 15. The van der Waals surface area contributed by atoms with E-state index in [4.69, 9.17) is 9.47 Å². The number of benzene rings is 3. The number of phenolic OH excluding ortho intramolecular Hbond substituents is 1. The van der Waals surface area contributed by atoms with E-state index in [2.05, 4.69) is 0 Å². The Balaban J connectivity index is 1.19. The molecule has 0 radical (unpaired) electrons. The number of Topliss-reactive ketones (excluding diaryl/α,β-unsaturated/α-hetero) is 1. The number of ketones is 1. The minimum atomic E-state index is -0.534. The van der Waals surface area contributed by atoms with Crippen molar-refractivity contribution in [3.05, 3.63) is 65.7 Å². The zero-order valence-electron chi connectivity index (χ0n) is 23.4. The number of hydrogen-bond acceptors (Lipinski definition) is 5. The maximum absolute atomic E-state index is 12.5. The highest BCUT2D eigenvalue weighted by molar-refractivity contribution is 5.84. The Morgan fingerprint density at radius 1 is 0.897 bits per heavy atom. The molecule has 2 N–H and O–H groups in total. The van der Waals surface area contributed by atoms with Crippen LogP contribution in [0.15, 0.2) is 54.6 Å². The van der Waals surface area contributed by atoms with Gasteiger partial charge in [-0.2, -0.15) is 0 Å². The van der Waals surface area contributed by atoms with Crippen molar-refractivity contribution in [3.8, 4) is 17.2 Å². The number of aliphatic hydroxyl groups excluding tert-OH is 1. The fourth-order valence-corrected chi connectivity index (χ4v) is 5.74. The molecule has 1 fully saturated rings. The van der Waals surface area contributed by atoms with Crippen LogP contribution in [0.3, 0.4) is 0 Å². The molecule has 39 heavy (non-hydrogen) atoms. The van der Waals surface area contributed by atoms with E-state index in [1.807, 2.05) is 42.5 Å². The molecule has 0 heterocycles. The third-order valence-corrected chi connectivity index (χ3v) is 8.04. The van der Waals surface area contributed by atoms with Crippen molar-refractivity contribution >= 4 is 16.6 Å². The molecule has 0 bridgehead atoms. The van der Waals surface area contributed by atoms with Crippen molar-refractivity contribution in [2.75, 3.05) is 7.11 Å². The third kappa shape index (κ3) is 9.28. The predicted molar refractivity (Wildman–Crippen MR) is 157 cm³/mol. The van der Waals surface area contributed by atoms with Gasteiger partial charge in [0.05, 0.1) is 13.2 Å². The van der Waals surface area contributed by atoms with Crippen molar-refractivity contribution in [3.63, 3.8) is 0 Å². The van der Waals surface area contributed by atoms with Crippen LogP contribution in [0.25, 0.3) is 10.8 Å². The number of aryl methyl sites for hydroxylation is 1. The molecule has 5 heteroatoms. The fourth-order valence-electron chi connectivity index (χ4n) is 5.74. The van der Waals surface area contributed by atoms with Crippen molar-refractivity contribution in [1.29, 1.82) is 0 Å². The summed E-state index contributed by atoms with van der Waals surface area (Å²) in [6.45, 7) is 0.377. The van der Waals surface area contributed by atoms with E-state index in [0.29, 0.717) is 37.4 Å². The molecule has 5 nitrogen and oxygen atoms in total. The molecule has 0 spiro atoms. The Kier molecular flexibility index (Phi) is 11.1. The average Bonchev–Trinajstić information content (AvgIpc) is 2.95. The Labute approximate surface area is 233 Å². The first-order valence-corrected chi connectivity index (χ1v) is 14.7. The summed E-state index contributed by atoms with van der Waals surface area (Å²) >= 11 is 0. The van der Waals surface area contributed by atoms with Crippen LogP contribution in [0.4, 0.5) is 0 Å². The van der Waals surface area contributed by atoms with Gasteiger partial charge in [-0.05, 0) is 71.0 Å². The zero-order valence-corrected chi connectivity index (χ0v) is 23.4. The molecule has 3 aromatic rings. The summed E-state index contributed by atoms with van der Waals surface area (Å²) in [6.07, 6.45) is 13.2. The van der Waals surface area contributed by atoms with Gasteiger partial charge in [-0.3, -0.25) is 4.79 Å². The summed E-state index contributed by atoms with van der Waals surface area (Å²) < 4.78 is 11.6. The van der Waals surface area contributed by atoms with Crippen LogP contribution in [-0.4, -0.2) is 29.2 Å². The summed E-state index contributed by atoms with van der Waals surface area (Å²) in [5.41, 5.74) is 2.02. The Bertz CT molecular complexity index is 1200. The topological polar surface area (TPSA) is 76.0 Å². The average molecular weight is 533 g/mol. The molecule has 3 aromatic carbocycles. The number of fused-ring (bicyclic) bond motifs is 1. The predicted octanol–water partition coefficient (Wildman–Crippen LogP) is 7.92. The third-order valence-electron chi connectivity index (χ3n) is 8.04. The van der Waals surface area contributed by atoms with E-state index in [1.165, 1.54) is 44.9 Å². The van der Waals surface area contributed by atoms with Gasteiger partial charge < -0.3 is 19.7 Å². The van der Waals surface area contributed by atoms with E-state index >= 15 is 0 Å². The van der Waals surface area contributed by atoms with Crippen molar-refractivity contribution in [2.24, 2.45) is 5.92 Å². The Morgan fingerprint density at radius 3 is 2.49 bits per heavy atom. The zero-order chi connectivity index (χ0) is 27.5. The van der Waals surface area contributed by atoms with Crippen molar-refractivity contribution < 1.29 is 24.5 Å². The normalized spacial score (nSPS) is 14.8. The van der Waals surface area contributed by atoms with Crippen LogP contribution in [0.2, 0.25) is 0 Å². The second kappa shape index (κ2) is 14.9. The summed E-state index contributed by atoms with van der Waals surface area (Å²) in [7, 11) is 1.62. The van der Waals surface area contributed by atoms with Gasteiger partial charge in [0, 0.05) is 12.8 Å². The lowest BCUT2D eigenvalue weighted by molar-refractivity contribution is -0.121. The first-order chi connectivity index (χ1) is 19.0. The maximum Gasteiger partial charge on any atom is 0.161 e. The molecule has 0 aromatic heterocycles. The highest BCUT2D eigenvalue weighted by Gasteiger charge is 2.14. The van der Waals surface area contributed by atoms with Crippen molar-refractivity contribution in [1.82, 2.24) is 0 Å². The van der Waals surface area contributed by atoms with E-state index in [1.54, 1.807) is 19.2 Å². The smallest absolute Gasteiger partial charge is 0.161 e. The van der Waals surface area contributed by atoms with Crippen molar-refractivity contribution in [2.45, 2.75) is 96.2 Å². The van der Waals surface area contributed by atoms with Crippen LogP contribution in [0, 0.1) is 5.92 Å². The summed E-state index contributed by atoms with van der Waals surface area (Å²) in [5.74, 6) is 2.56. The lowest BCUT2D eigenvalue weighted by Crippen LogP contribution is -2.14. The van der Waals surface area contributed by atoms with Crippen LogP contribution in [0.5, 0.6) is 17.2 Å². The Hall–Kier alpha value is -3.05. The molecule has 1 saturated carbocycles. The molecule has 1 aliphatic carbocycles. The molecule has 1 unspecified atom stereocenters. The van der Waals surface area contributed by atoms with Crippen LogP contribution in [0.1, 0.15) is 88.2 Å². The number of aromatic hydroxyl groups is 1. The van der Waals surface area contributed by atoms with E-state index in [-0.39, 0.29) is 18.0 Å². The van der Waals surface area contributed by atoms with Gasteiger partial charge >= 0.3 is 0 Å². The number of carbonyl (C=O) groups excluding carboxylic acids is 1. The lowest BCUT2D eigenvalue weighted by Gasteiger charge is -2.21. The molecule has 0 amide bonds. The van der Waals surface area contributed by atoms with E-state index in [9.17, 15) is 15.0 Å². The number of ether oxygens (including phenoxy) is 2. The second-order valence-corrected chi connectivity index (χ2v) is 11.2. The van der Waals surface area contributed by atoms with Gasteiger partial charge in [-0.1, -0.05) is 82.1 Å². The number of carbonyl (C=O) groups is 1. The quantitative estimate of drug-likeness (QED) is 0.194. The molecular formula is C34H44O5.